The zero-order valence-electron chi connectivity index (χ0n) is 9.38. The number of fused-ring (bicyclic) bond motifs is 1. The molecular weight excluding hydrogens is 222 g/mol. The van der Waals surface area contributed by atoms with E-state index in [4.69, 9.17) is 4.74 Å². The second-order valence-corrected chi connectivity index (χ2v) is 4.20. The average Bonchev–Trinajstić information content (AvgIpc) is 2.65. The summed E-state index contributed by atoms with van der Waals surface area (Å²) in [5.41, 5.74) is 0.289. The van der Waals surface area contributed by atoms with Gasteiger partial charge in [-0.25, -0.2) is 19.3 Å². The van der Waals surface area contributed by atoms with E-state index in [2.05, 4.69) is 20.5 Å². The van der Waals surface area contributed by atoms with Gasteiger partial charge in [0.15, 0.2) is 5.65 Å². The molecule has 17 heavy (non-hydrogen) atoms. The van der Waals surface area contributed by atoms with Crippen LogP contribution in [0.4, 0.5) is 5.82 Å². The van der Waals surface area contributed by atoms with Crippen molar-refractivity contribution in [1.29, 1.82) is 0 Å². The summed E-state index contributed by atoms with van der Waals surface area (Å²) >= 11 is 0. The van der Waals surface area contributed by atoms with Gasteiger partial charge >= 0.3 is 5.69 Å². The fourth-order valence-corrected chi connectivity index (χ4v) is 1.97. The minimum absolute atomic E-state index is 0.276. The standard InChI is InChI=1S/C10H13N5O2/c1-17-7-2-6(3-7)12-8-4-9-13-14-10(16)15(9)5-11-8/h4-7,12H,2-3H2,1H3,(H,14,16). The highest BCUT2D eigenvalue weighted by atomic mass is 16.5. The summed E-state index contributed by atoms with van der Waals surface area (Å²) in [4.78, 5) is 15.4. The number of aromatic amines is 1. The smallest absolute Gasteiger partial charge is 0.348 e. The van der Waals surface area contributed by atoms with Crippen LogP contribution in [-0.4, -0.2) is 38.8 Å². The van der Waals surface area contributed by atoms with Crippen molar-refractivity contribution >= 4 is 11.5 Å². The number of aromatic nitrogens is 4. The van der Waals surface area contributed by atoms with Crippen LogP contribution in [0.3, 0.4) is 0 Å². The summed E-state index contributed by atoms with van der Waals surface area (Å²) in [6.07, 6.45) is 3.79. The minimum Gasteiger partial charge on any atom is -0.381 e. The Morgan fingerprint density at radius 1 is 1.59 bits per heavy atom. The lowest BCUT2D eigenvalue weighted by Gasteiger charge is -2.34. The van der Waals surface area contributed by atoms with Crippen LogP contribution in [0.1, 0.15) is 12.8 Å². The lowest BCUT2D eigenvalue weighted by atomic mass is 9.89. The molecule has 7 nitrogen and oxygen atoms in total. The van der Waals surface area contributed by atoms with Crippen molar-refractivity contribution in [2.75, 3.05) is 12.4 Å². The molecule has 0 atom stereocenters. The molecule has 2 N–H and O–H groups in total. The maximum Gasteiger partial charge on any atom is 0.348 e. The highest BCUT2D eigenvalue weighted by molar-refractivity contribution is 5.49. The molecule has 2 aromatic heterocycles. The maximum absolute atomic E-state index is 11.2. The third kappa shape index (κ3) is 1.78. The van der Waals surface area contributed by atoms with Crippen LogP contribution >= 0.6 is 0 Å². The first-order chi connectivity index (χ1) is 8.26. The van der Waals surface area contributed by atoms with E-state index in [-0.39, 0.29) is 5.69 Å². The molecule has 0 amide bonds. The number of anilines is 1. The number of hydrogen-bond acceptors (Lipinski definition) is 5. The molecule has 2 aromatic rings. The van der Waals surface area contributed by atoms with Gasteiger partial charge in [-0.05, 0) is 12.8 Å². The van der Waals surface area contributed by atoms with Crippen molar-refractivity contribution in [1.82, 2.24) is 19.6 Å². The molecule has 0 spiro atoms. The molecule has 0 aliphatic heterocycles. The van der Waals surface area contributed by atoms with Crippen molar-refractivity contribution < 1.29 is 4.74 Å². The summed E-state index contributed by atoms with van der Waals surface area (Å²) in [5.74, 6) is 0.732. The third-order valence-corrected chi connectivity index (χ3v) is 3.09. The van der Waals surface area contributed by atoms with E-state index in [1.807, 2.05) is 0 Å². The van der Waals surface area contributed by atoms with Crippen molar-refractivity contribution in [3.8, 4) is 0 Å². The van der Waals surface area contributed by atoms with E-state index < -0.39 is 0 Å². The van der Waals surface area contributed by atoms with Crippen molar-refractivity contribution in [2.24, 2.45) is 0 Å². The Morgan fingerprint density at radius 2 is 2.41 bits per heavy atom. The first-order valence-corrected chi connectivity index (χ1v) is 5.48. The largest absolute Gasteiger partial charge is 0.381 e. The van der Waals surface area contributed by atoms with Crippen LogP contribution in [-0.2, 0) is 4.74 Å². The van der Waals surface area contributed by atoms with E-state index in [0.717, 1.165) is 18.7 Å². The van der Waals surface area contributed by atoms with E-state index in [1.54, 1.807) is 13.2 Å². The number of ether oxygens (including phenoxy) is 1. The van der Waals surface area contributed by atoms with Gasteiger partial charge in [-0.15, -0.1) is 0 Å². The summed E-state index contributed by atoms with van der Waals surface area (Å²) in [6.45, 7) is 0. The monoisotopic (exact) mass is 235 g/mol. The van der Waals surface area contributed by atoms with Crippen LogP contribution in [0.5, 0.6) is 0 Å². The predicted molar refractivity (Wildman–Crippen MR) is 61.0 cm³/mol. The van der Waals surface area contributed by atoms with Gasteiger partial charge in [0.25, 0.3) is 0 Å². The Bertz CT molecular complexity index is 584. The molecule has 0 radical (unpaired) electrons. The number of hydrogen-bond donors (Lipinski definition) is 2. The van der Waals surface area contributed by atoms with Gasteiger partial charge < -0.3 is 10.1 Å². The highest BCUT2D eigenvalue weighted by Crippen LogP contribution is 2.25. The molecule has 1 saturated carbocycles. The van der Waals surface area contributed by atoms with E-state index in [1.165, 1.54) is 10.7 Å². The molecular formula is C10H13N5O2. The lowest BCUT2D eigenvalue weighted by molar-refractivity contribution is 0.0328. The first kappa shape index (κ1) is 10.3. The Balaban J connectivity index is 1.76. The Hall–Kier alpha value is -1.89. The van der Waals surface area contributed by atoms with Crippen LogP contribution < -0.4 is 11.0 Å². The topological polar surface area (TPSA) is 84.3 Å². The van der Waals surface area contributed by atoms with Crippen LogP contribution in [0.15, 0.2) is 17.2 Å². The van der Waals surface area contributed by atoms with Crippen LogP contribution in [0.25, 0.3) is 5.65 Å². The summed E-state index contributed by atoms with van der Waals surface area (Å²) in [5, 5.41) is 9.54. The number of methoxy groups -OCH3 is 1. The molecule has 3 rings (SSSR count). The van der Waals surface area contributed by atoms with Gasteiger partial charge in [-0.1, -0.05) is 0 Å². The highest BCUT2D eigenvalue weighted by Gasteiger charge is 2.29. The Kier molecular flexibility index (Phi) is 2.32. The molecule has 90 valence electrons. The van der Waals surface area contributed by atoms with Crippen LogP contribution in [0.2, 0.25) is 0 Å². The summed E-state index contributed by atoms with van der Waals surface area (Å²) in [6, 6.07) is 2.14. The van der Waals surface area contributed by atoms with Crippen molar-refractivity contribution in [2.45, 2.75) is 25.0 Å². The van der Waals surface area contributed by atoms with E-state index in [9.17, 15) is 4.79 Å². The molecule has 2 heterocycles. The Labute approximate surface area is 96.8 Å². The SMILES string of the molecule is COC1CC(Nc2cc3n[nH]c(=O)n3cn2)C1. The minimum atomic E-state index is -0.276. The van der Waals surface area contributed by atoms with Gasteiger partial charge in [0, 0.05) is 19.2 Å². The molecule has 1 aliphatic carbocycles. The van der Waals surface area contributed by atoms with Gasteiger partial charge in [-0.3, -0.25) is 0 Å². The maximum atomic E-state index is 11.2. The second kappa shape index (κ2) is 3.85. The second-order valence-electron chi connectivity index (χ2n) is 4.20. The summed E-state index contributed by atoms with van der Waals surface area (Å²) < 4.78 is 6.57. The quantitative estimate of drug-likeness (QED) is 0.782. The molecule has 1 fully saturated rings. The van der Waals surface area contributed by atoms with E-state index in [0.29, 0.717) is 17.8 Å². The fraction of sp³-hybridized carbons (Fsp3) is 0.500. The lowest BCUT2D eigenvalue weighted by Crippen LogP contribution is -2.40. The Morgan fingerprint density at radius 3 is 3.18 bits per heavy atom. The predicted octanol–water partition coefficient (Wildman–Crippen LogP) is 0.00690. The molecule has 0 aromatic carbocycles. The van der Waals surface area contributed by atoms with Crippen molar-refractivity contribution in [3.63, 3.8) is 0 Å². The first-order valence-electron chi connectivity index (χ1n) is 5.48. The number of nitrogens with zero attached hydrogens (tertiary/aromatic N) is 3. The fourth-order valence-electron chi connectivity index (χ4n) is 1.97. The third-order valence-electron chi connectivity index (χ3n) is 3.09. The molecule has 1 aliphatic rings. The number of nitrogens with one attached hydrogen (secondary N) is 2. The normalized spacial score (nSPS) is 23.6. The molecule has 0 saturated heterocycles. The summed E-state index contributed by atoms with van der Waals surface area (Å²) in [7, 11) is 1.72. The molecule has 7 heteroatoms. The van der Waals surface area contributed by atoms with Crippen LogP contribution in [0, 0.1) is 0 Å². The van der Waals surface area contributed by atoms with Gasteiger partial charge in [0.2, 0.25) is 0 Å². The molecule has 0 bridgehead atoms. The zero-order valence-corrected chi connectivity index (χ0v) is 9.38. The van der Waals surface area contributed by atoms with E-state index >= 15 is 0 Å². The van der Waals surface area contributed by atoms with Gasteiger partial charge in [-0.2, -0.15) is 5.10 Å². The average molecular weight is 235 g/mol. The van der Waals surface area contributed by atoms with Gasteiger partial charge in [0.05, 0.1) is 6.10 Å². The molecule has 0 unspecified atom stereocenters. The zero-order chi connectivity index (χ0) is 11.8. The number of rotatable bonds is 3. The number of H-pyrrole nitrogens is 1. The van der Waals surface area contributed by atoms with Crippen molar-refractivity contribution in [3.05, 3.63) is 22.9 Å². The van der Waals surface area contributed by atoms with Gasteiger partial charge in [0.1, 0.15) is 12.1 Å².